The van der Waals surface area contributed by atoms with Crippen LogP contribution >= 0.6 is 0 Å². The second-order valence-corrected chi connectivity index (χ2v) is 7.46. The summed E-state index contributed by atoms with van der Waals surface area (Å²) in [5, 5.41) is 10.2. The normalized spacial score (nSPS) is 15.6. The molecule has 1 aliphatic rings. The van der Waals surface area contributed by atoms with Crippen LogP contribution in [0.1, 0.15) is 37.3 Å². The predicted molar refractivity (Wildman–Crippen MR) is 107 cm³/mol. The van der Waals surface area contributed by atoms with Gasteiger partial charge in [-0.25, -0.2) is 4.79 Å². The minimum absolute atomic E-state index is 0.101. The van der Waals surface area contributed by atoms with E-state index in [2.05, 4.69) is 39.7 Å². The molecule has 2 heterocycles. The second-order valence-electron chi connectivity index (χ2n) is 7.46. The van der Waals surface area contributed by atoms with Crippen LogP contribution in [0.2, 0.25) is 0 Å². The molecule has 3 rings (SSSR count). The fraction of sp³-hybridized carbons (Fsp3) is 0.524. The van der Waals surface area contributed by atoms with Crippen molar-refractivity contribution in [3.05, 3.63) is 53.9 Å². The lowest BCUT2D eigenvalue weighted by Crippen LogP contribution is -2.38. The highest BCUT2D eigenvalue weighted by Crippen LogP contribution is 2.15. The first kappa shape index (κ1) is 19.4. The lowest BCUT2D eigenvalue weighted by Gasteiger charge is -2.30. The number of carbonyl (C=O) groups is 1. The van der Waals surface area contributed by atoms with Crippen LogP contribution in [0.25, 0.3) is 0 Å². The minimum atomic E-state index is -0.101. The van der Waals surface area contributed by atoms with Crippen molar-refractivity contribution in [1.29, 1.82) is 0 Å². The maximum absolute atomic E-state index is 12.1. The predicted octanol–water partition coefficient (Wildman–Crippen LogP) is 2.85. The lowest BCUT2D eigenvalue weighted by atomic mass is 9.99. The highest BCUT2D eigenvalue weighted by molar-refractivity contribution is 5.73. The summed E-state index contributed by atoms with van der Waals surface area (Å²) in [7, 11) is 0. The first-order chi connectivity index (χ1) is 13.2. The highest BCUT2D eigenvalue weighted by Gasteiger charge is 2.14. The summed E-state index contributed by atoms with van der Waals surface area (Å²) in [4.78, 5) is 14.6. The van der Waals surface area contributed by atoms with Crippen LogP contribution in [-0.2, 0) is 13.1 Å². The van der Waals surface area contributed by atoms with Crippen molar-refractivity contribution in [1.82, 2.24) is 25.3 Å². The second kappa shape index (κ2) is 10.1. The third-order valence-corrected chi connectivity index (χ3v) is 5.26. The van der Waals surface area contributed by atoms with Gasteiger partial charge in [-0.3, -0.25) is 4.68 Å². The Morgan fingerprint density at radius 1 is 1.15 bits per heavy atom. The molecule has 1 fully saturated rings. The maximum Gasteiger partial charge on any atom is 0.315 e. The summed E-state index contributed by atoms with van der Waals surface area (Å²) >= 11 is 0. The molecule has 0 radical (unpaired) electrons. The van der Waals surface area contributed by atoms with Gasteiger partial charge in [-0.15, -0.1) is 0 Å². The van der Waals surface area contributed by atoms with Crippen LogP contribution in [0.4, 0.5) is 4.79 Å². The average molecular weight is 370 g/mol. The van der Waals surface area contributed by atoms with Crippen LogP contribution in [-0.4, -0.2) is 46.9 Å². The summed E-state index contributed by atoms with van der Waals surface area (Å²) in [6.07, 6.45) is 7.31. The molecule has 27 heavy (non-hydrogen) atoms. The number of carbonyl (C=O) groups excluding carboxylic acids is 1. The van der Waals surface area contributed by atoms with Crippen molar-refractivity contribution >= 4 is 6.03 Å². The van der Waals surface area contributed by atoms with E-state index < -0.39 is 0 Å². The quantitative estimate of drug-likeness (QED) is 0.704. The van der Waals surface area contributed by atoms with E-state index in [0.29, 0.717) is 19.6 Å². The van der Waals surface area contributed by atoms with Crippen LogP contribution in [0, 0.1) is 5.92 Å². The van der Waals surface area contributed by atoms with Crippen molar-refractivity contribution in [3.63, 3.8) is 0 Å². The summed E-state index contributed by atoms with van der Waals surface area (Å²) in [6, 6.07) is 9.96. The van der Waals surface area contributed by atoms with E-state index in [0.717, 1.165) is 24.4 Å². The van der Waals surface area contributed by atoms with Crippen molar-refractivity contribution in [2.75, 3.05) is 26.2 Å². The number of hydrogen-bond acceptors (Lipinski definition) is 3. The minimum Gasteiger partial charge on any atom is -0.338 e. The molecule has 1 aromatic carbocycles. The smallest absolute Gasteiger partial charge is 0.315 e. The van der Waals surface area contributed by atoms with Gasteiger partial charge in [0.2, 0.25) is 0 Å². The van der Waals surface area contributed by atoms with E-state index in [9.17, 15) is 4.79 Å². The Kier molecular flexibility index (Phi) is 7.27. The zero-order chi connectivity index (χ0) is 18.9. The molecule has 146 valence electrons. The number of piperidine rings is 1. The highest BCUT2D eigenvalue weighted by atomic mass is 16.2. The Morgan fingerprint density at radius 3 is 2.67 bits per heavy atom. The number of rotatable bonds is 8. The fourth-order valence-electron chi connectivity index (χ4n) is 3.48. The molecule has 6 nitrogen and oxygen atoms in total. The maximum atomic E-state index is 12.1. The number of nitrogens with zero attached hydrogens (tertiary/aromatic N) is 3. The summed E-state index contributed by atoms with van der Waals surface area (Å²) in [6.45, 7) is 7.73. The molecule has 6 heteroatoms. The van der Waals surface area contributed by atoms with Gasteiger partial charge in [-0.05, 0) is 62.0 Å². The van der Waals surface area contributed by atoms with Gasteiger partial charge >= 0.3 is 6.03 Å². The van der Waals surface area contributed by atoms with Crippen LogP contribution in [0.15, 0.2) is 42.7 Å². The molecule has 0 aliphatic carbocycles. The van der Waals surface area contributed by atoms with Crippen LogP contribution < -0.4 is 10.6 Å². The Hall–Kier alpha value is -2.34. The lowest BCUT2D eigenvalue weighted by molar-refractivity contribution is 0.190. The molecule has 0 unspecified atom stereocenters. The van der Waals surface area contributed by atoms with Gasteiger partial charge in [0.1, 0.15) is 0 Å². The van der Waals surface area contributed by atoms with Gasteiger partial charge in [-0.1, -0.05) is 31.2 Å². The largest absolute Gasteiger partial charge is 0.338 e. The van der Waals surface area contributed by atoms with Gasteiger partial charge in [-0.2, -0.15) is 5.10 Å². The van der Waals surface area contributed by atoms with E-state index in [1.165, 1.54) is 31.5 Å². The monoisotopic (exact) mass is 369 g/mol. The zero-order valence-corrected chi connectivity index (χ0v) is 16.2. The molecule has 0 atom stereocenters. The molecule has 1 saturated heterocycles. The molecule has 0 bridgehead atoms. The van der Waals surface area contributed by atoms with Gasteiger partial charge in [0.05, 0.1) is 6.54 Å². The molecular weight excluding hydrogens is 338 g/mol. The van der Waals surface area contributed by atoms with Gasteiger partial charge in [0, 0.05) is 25.5 Å². The topological polar surface area (TPSA) is 62.2 Å². The third-order valence-electron chi connectivity index (χ3n) is 5.26. The number of hydrogen-bond donors (Lipinski definition) is 2. The number of likely N-dealkylation sites (tertiary alicyclic amines) is 1. The van der Waals surface area contributed by atoms with Gasteiger partial charge in [0.15, 0.2) is 0 Å². The van der Waals surface area contributed by atoms with E-state index in [-0.39, 0.29) is 6.03 Å². The first-order valence-corrected chi connectivity index (χ1v) is 9.99. The van der Waals surface area contributed by atoms with E-state index in [1.807, 2.05) is 29.1 Å². The Labute approximate surface area is 161 Å². The molecule has 0 saturated carbocycles. The van der Waals surface area contributed by atoms with Crippen molar-refractivity contribution in [2.24, 2.45) is 5.92 Å². The number of aromatic nitrogens is 2. The Balaban J connectivity index is 1.35. The summed E-state index contributed by atoms with van der Waals surface area (Å²) in [5.41, 5.74) is 2.28. The van der Waals surface area contributed by atoms with Gasteiger partial charge < -0.3 is 15.5 Å². The van der Waals surface area contributed by atoms with Crippen molar-refractivity contribution in [2.45, 2.75) is 39.3 Å². The zero-order valence-electron chi connectivity index (χ0n) is 16.2. The van der Waals surface area contributed by atoms with E-state index in [4.69, 9.17) is 0 Å². The number of urea groups is 1. The van der Waals surface area contributed by atoms with Crippen molar-refractivity contribution < 1.29 is 4.79 Å². The van der Waals surface area contributed by atoms with Crippen molar-refractivity contribution in [3.8, 4) is 0 Å². The van der Waals surface area contributed by atoms with Crippen LogP contribution in [0.3, 0.4) is 0 Å². The molecule has 1 aromatic heterocycles. The molecule has 2 aromatic rings. The molecule has 0 spiro atoms. The fourth-order valence-corrected chi connectivity index (χ4v) is 3.48. The van der Waals surface area contributed by atoms with Gasteiger partial charge in [0.25, 0.3) is 0 Å². The molecule has 1 aliphatic heterocycles. The standard InChI is InChI=1S/C21H31N5O/c1-18-8-14-25(15-9-18)12-4-10-22-21(27)23-16-19-6-2-3-7-20(19)17-26-13-5-11-24-26/h2-3,5-7,11,13,18H,4,8-10,12,14-17H2,1H3,(H2,22,23,27). The average Bonchev–Trinajstić information content (AvgIpc) is 3.19. The van der Waals surface area contributed by atoms with Crippen LogP contribution in [0.5, 0.6) is 0 Å². The summed E-state index contributed by atoms with van der Waals surface area (Å²) in [5.74, 6) is 0.862. The molecular formula is C21H31N5O. The third kappa shape index (κ3) is 6.40. The Morgan fingerprint density at radius 2 is 1.93 bits per heavy atom. The molecule has 2 amide bonds. The number of amides is 2. The molecule has 2 N–H and O–H groups in total. The summed E-state index contributed by atoms with van der Waals surface area (Å²) < 4.78 is 1.89. The Bertz CT molecular complexity index is 692. The van der Waals surface area contributed by atoms with E-state index in [1.54, 1.807) is 6.20 Å². The number of benzene rings is 1. The van der Waals surface area contributed by atoms with E-state index >= 15 is 0 Å². The number of nitrogens with one attached hydrogen (secondary N) is 2. The first-order valence-electron chi connectivity index (χ1n) is 9.99. The SMILES string of the molecule is CC1CCN(CCCNC(=O)NCc2ccccc2Cn2cccn2)CC1.